The number of nitrogens with one attached hydrogen (secondary N) is 2. The summed E-state index contributed by atoms with van der Waals surface area (Å²) in [7, 11) is 2.03. The Hall–Kier alpha value is -4.20. The van der Waals surface area contributed by atoms with E-state index in [2.05, 4.69) is 20.5 Å². The molecule has 0 fully saturated rings. The Kier molecular flexibility index (Phi) is 13.4. The zero-order chi connectivity index (χ0) is 35.6. The number of aromatic nitrogens is 1. The number of anilines is 2. The van der Waals surface area contributed by atoms with E-state index in [1.165, 1.54) is 6.07 Å². The fourth-order valence-corrected chi connectivity index (χ4v) is 5.67. The number of alkyl halides is 3. The molecule has 10 nitrogen and oxygen atoms in total. The number of ether oxygens (including phenoxy) is 2. The predicted molar refractivity (Wildman–Crippen MR) is 182 cm³/mol. The van der Waals surface area contributed by atoms with Gasteiger partial charge in [0.05, 0.1) is 36.0 Å². The molecule has 1 aliphatic heterocycles. The van der Waals surface area contributed by atoms with Crippen LogP contribution in [0.2, 0.25) is 0 Å². The molecule has 0 unspecified atom stereocenters. The van der Waals surface area contributed by atoms with Crippen LogP contribution in [0.5, 0.6) is 5.75 Å². The van der Waals surface area contributed by atoms with E-state index in [0.29, 0.717) is 25.4 Å². The predicted octanol–water partition coefficient (Wildman–Crippen LogP) is 6.67. The number of carbonyl (C=O) groups excluding carboxylic acids is 2. The number of benzene rings is 2. The number of hydrogen-bond acceptors (Lipinski definition) is 7. The number of pyridine rings is 1. The Labute approximate surface area is 285 Å². The van der Waals surface area contributed by atoms with E-state index < -0.39 is 23.8 Å². The van der Waals surface area contributed by atoms with Crippen molar-refractivity contribution in [3.8, 4) is 5.75 Å². The number of aliphatic hydroxyl groups is 1. The van der Waals surface area contributed by atoms with Crippen LogP contribution in [-0.2, 0) is 17.5 Å². The summed E-state index contributed by atoms with van der Waals surface area (Å²) in [6, 6.07) is 11.5. The number of aliphatic hydroxyl groups excluding tert-OH is 1. The van der Waals surface area contributed by atoms with Gasteiger partial charge in [0.1, 0.15) is 5.75 Å². The van der Waals surface area contributed by atoms with Gasteiger partial charge in [-0.25, -0.2) is 4.79 Å². The quantitative estimate of drug-likeness (QED) is 0.243. The van der Waals surface area contributed by atoms with Gasteiger partial charge in [-0.15, -0.1) is 0 Å². The van der Waals surface area contributed by atoms with Gasteiger partial charge in [0.25, 0.3) is 5.91 Å². The number of carbonyl (C=O) groups is 2. The summed E-state index contributed by atoms with van der Waals surface area (Å²) in [6.45, 7) is 7.63. The molecule has 0 bridgehead atoms. The Morgan fingerprint density at radius 1 is 1.06 bits per heavy atom. The van der Waals surface area contributed by atoms with Gasteiger partial charge in [0, 0.05) is 55.9 Å². The van der Waals surface area contributed by atoms with Crippen LogP contribution < -0.4 is 15.4 Å². The number of urea groups is 1. The van der Waals surface area contributed by atoms with Gasteiger partial charge in [-0.05, 0) is 100 Å². The SMILES string of the molecule is C[C@H]1CCCCO[C@H](CN(C)Cc2ccncc2)[C@@H](C)CN([C@@H](C)CO)C(=O)c2cc(NC(=O)Nc3ccc(C(F)(F)F)cc3)ccc2O1. The van der Waals surface area contributed by atoms with Gasteiger partial charge in [0.2, 0.25) is 0 Å². The number of hydrogen-bond donors (Lipinski definition) is 3. The molecule has 0 aliphatic carbocycles. The highest BCUT2D eigenvalue weighted by Gasteiger charge is 2.31. The topological polar surface area (TPSA) is 116 Å². The molecule has 1 aromatic heterocycles. The van der Waals surface area contributed by atoms with Crippen molar-refractivity contribution in [3.63, 3.8) is 0 Å². The number of halogens is 3. The molecule has 1 aliphatic rings. The first kappa shape index (κ1) is 37.6. The normalized spacial score (nSPS) is 20.1. The molecule has 49 heavy (non-hydrogen) atoms. The summed E-state index contributed by atoms with van der Waals surface area (Å²) in [5, 5.41) is 15.4. The van der Waals surface area contributed by atoms with Crippen LogP contribution >= 0.6 is 0 Å². The molecule has 3 aromatic rings. The highest BCUT2D eigenvalue weighted by molar-refractivity contribution is 6.02. The number of fused-ring (bicyclic) bond motifs is 1. The van der Waals surface area contributed by atoms with E-state index in [0.717, 1.165) is 49.1 Å². The first-order chi connectivity index (χ1) is 23.3. The highest BCUT2D eigenvalue weighted by atomic mass is 19.4. The first-order valence-corrected chi connectivity index (χ1v) is 16.5. The van der Waals surface area contributed by atoms with Gasteiger partial charge in [0.15, 0.2) is 0 Å². The van der Waals surface area contributed by atoms with E-state index in [1.807, 2.05) is 33.0 Å². The van der Waals surface area contributed by atoms with Crippen LogP contribution in [0.3, 0.4) is 0 Å². The molecule has 3 amide bonds. The Morgan fingerprint density at radius 3 is 2.41 bits per heavy atom. The molecule has 4 atom stereocenters. The average molecular weight is 686 g/mol. The Balaban J connectivity index is 1.57. The van der Waals surface area contributed by atoms with E-state index in [4.69, 9.17) is 9.47 Å². The molecular formula is C36H46F3N5O5. The minimum Gasteiger partial charge on any atom is -0.490 e. The maximum atomic E-state index is 14.3. The second-order valence-electron chi connectivity index (χ2n) is 12.7. The maximum absolute atomic E-state index is 14.3. The number of nitrogens with zero attached hydrogens (tertiary/aromatic N) is 3. The standard InChI is InChI=1S/C36H46F3N5O5/c1-24-20-44(25(2)23-45)34(46)31-19-30(42-35(47)41-29-10-8-28(9-11-29)36(37,38)39)12-13-32(31)49-26(3)7-5-6-18-48-33(24)22-43(4)21-27-14-16-40-17-15-27/h8-17,19,24-26,33,45H,5-7,18,20-23H2,1-4H3,(H2,41,42,47)/t24-,25-,26-,33+/m0/s1. The second-order valence-corrected chi connectivity index (χ2v) is 12.7. The van der Waals surface area contributed by atoms with Crippen molar-refractivity contribution >= 4 is 23.3 Å². The lowest BCUT2D eigenvalue weighted by Crippen LogP contribution is -2.47. The molecule has 0 spiro atoms. The summed E-state index contributed by atoms with van der Waals surface area (Å²) in [4.78, 5) is 35.0. The molecular weight excluding hydrogens is 639 g/mol. The molecule has 2 aromatic carbocycles. The van der Waals surface area contributed by atoms with Gasteiger partial charge >= 0.3 is 12.2 Å². The summed E-state index contributed by atoms with van der Waals surface area (Å²) in [5.41, 5.74) is 0.939. The average Bonchev–Trinajstić information content (AvgIpc) is 3.06. The summed E-state index contributed by atoms with van der Waals surface area (Å²) >= 11 is 0. The van der Waals surface area contributed by atoms with Crippen LogP contribution in [0, 0.1) is 5.92 Å². The lowest BCUT2D eigenvalue weighted by molar-refractivity contribution is -0.137. The van der Waals surface area contributed by atoms with E-state index in [-0.39, 0.29) is 54.1 Å². The van der Waals surface area contributed by atoms with Crippen molar-refractivity contribution in [2.45, 2.75) is 71.0 Å². The third kappa shape index (κ3) is 11.2. The number of likely N-dealkylation sites (N-methyl/N-ethyl adjacent to an activating group) is 1. The van der Waals surface area contributed by atoms with Gasteiger partial charge in [-0.3, -0.25) is 14.7 Å². The van der Waals surface area contributed by atoms with Gasteiger partial charge < -0.3 is 30.1 Å². The van der Waals surface area contributed by atoms with Crippen LogP contribution in [-0.4, -0.2) is 83.4 Å². The van der Waals surface area contributed by atoms with Crippen LogP contribution in [0.25, 0.3) is 0 Å². The molecule has 266 valence electrons. The Bertz CT molecular complexity index is 1510. The molecule has 2 heterocycles. The number of amides is 3. The molecule has 0 saturated carbocycles. The minimum atomic E-state index is -4.49. The van der Waals surface area contributed by atoms with Gasteiger partial charge in [-0.2, -0.15) is 13.2 Å². The van der Waals surface area contributed by atoms with Crippen LogP contribution in [0.1, 0.15) is 61.5 Å². The van der Waals surface area contributed by atoms with E-state index >= 15 is 0 Å². The van der Waals surface area contributed by atoms with Crippen molar-refractivity contribution in [1.29, 1.82) is 0 Å². The monoisotopic (exact) mass is 685 g/mol. The molecule has 3 N–H and O–H groups in total. The third-order valence-electron chi connectivity index (χ3n) is 8.47. The number of rotatable bonds is 8. The first-order valence-electron chi connectivity index (χ1n) is 16.5. The van der Waals surface area contributed by atoms with Crippen LogP contribution in [0.4, 0.5) is 29.3 Å². The third-order valence-corrected chi connectivity index (χ3v) is 8.47. The molecule has 0 radical (unpaired) electrons. The Morgan fingerprint density at radius 2 is 1.73 bits per heavy atom. The van der Waals surface area contributed by atoms with Crippen molar-refractivity contribution in [1.82, 2.24) is 14.8 Å². The van der Waals surface area contributed by atoms with Crippen molar-refractivity contribution in [2.75, 3.05) is 44.0 Å². The minimum absolute atomic E-state index is 0.111. The molecule has 4 rings (SSSR count). The van der Waals surface area contributed by atoms with Crippen molar-refractivity contribution in [3.05, 3.63) is 83.7 Å². The summed E-state index contributed by atoms with van der Waals surface area (Å²) in [5.74, 6) is -0.154. The highest BCUT2D eigenvalue weighted by Crippen LogP contribution is 2.31. The lowest BCUT2D eigenvalue weighted by Gasteiger charge is -2.36. The fourth-order valence-electron chi connectivity index (χ4n) is 5.67. The summed E-state index contributed by atoms with van der Waals surface area (Å²) in [6.07, 6.45) is 1.03. The smallest absolute Gasteiger partial charge is 0.416 e. The van der Waals surface area contributed by atoms with Crippen molar-refractivity contribution < 1.29 is 37.3 Å². The van der Waals surface area contributed by atoms with Crippen molar-refractivity contribution in [2.24, 2.45) is 5.92 Å². The largest absolute Gasteiger partial charge is 0.490 e. The zero-order valence-electron chi connectivity index (χ0n) is 28.4. The second kappa shape index (κ2) is 17.5. The summed E-state index contributed by atoms with van der Waals surface area (Å²) < 4.78 is 51.5. The molecule has 13 heteroatoms. The fraction of sp³-hybridized carbons (Fsp3) is 0.472. The maximum Gasteiger partial charge on any atom is 0.416 e. The van der Waals surface area contributed by atoms with Gasteiger partial charge in [-0.1, -0.05) is 6.92 Å². The molecule has 0 saturated heterocycles. The van der Waals surface area contributed by atoms with Crippen LogP contribution in [0.15, 0.2) is 67.0 Å². The zero-order valence-corrected chi connectivity index (χ0v) is 28.4. The van der Waals surface area contributed by atoms with E-state index in [1.54, 1.807) is 36.4 Å². The van der Waals surface area contributed by atoms with E-state index in [9.17, 15) is 27.9 Å². The lowest BCUT2D eigenvalue weighted by atomic mass is 10.0.